The lowest BCUT2D eigenvalue weighted by Crippen LogP contribution is -2.40. The lowest BCUT2D eigenvalue weighted by atomic mass is 9.96. The highest BCUT2D eigenvalue weighted by molar-refractivity contribution is 9.11. The number of aryl methyl sites for hydroxylation is 1. The number of amides is 1. The number of nitrogens with zero attached hydrogens (tertiary/aromatic N) is 3. The molecule has 2 aromatic heterocycles. The van der Waals surface area contributed by atoms with Crippen LogP contribution in [-0.2, 0) is 6.54 Å². The van der Waals surface area contributed by atoms with Gasteiger partial charge in [-0.25, -0.2) is 4.68 Å². The Morgan fingerprint density at radius 1 is 1.30 bits per heavy atom. The van der Waals surface area contributed by atoms with Crippen molar-refractivity contribution in [2.45, 2.75) is 26.3 Å². The molecule has 3 heterocycles. The van der Waals surface area contributed by atoms with Gasteiger partial charge < -0.3 is 4.90 Å². The molecule has 1 aliphatic heterocycles. The van der Waals surface area contributed by atoms with Crippen LogP contribution in [0.3, 0.4) is 0 Å². The minimum Gasteiger partial charge on any atom is -0.338 e. The summed E-state index contributed by atoms with van der Waals surface area (Å²) in [6, 6.07) is 7.06. The maximum absolute atomic E-state index is 12.4. The Kier molecular flexibility index (Phi) is 4.96. The van der Waals surface area contributed by atoms with Crippen LogP contribution in [0.25, 0.3) is 0 Å². The van der Waals surface area contributed by atoms with Gasteiger partial charge in [-0.2, -0.15) is 5.10 Å². The molecule has 0 atom stereocenters. The predicted octanol–water partition coefficient (Wildman–Crippen LogP) is 2.93. The molecule has 0 unspecified atom stereocenters. The molecule has 3 rings (SSSR count). The molecule has 23 heavy (non-hydrogen) atoms. The molecule has 0 bridgehead atoms. The third-order valence-corrected chi connectivity index (χ3v) is 5.73. The average molecular weight is 396 g/mol. The van der Waals surface area contributed by atoms with E-state index < -0.39 is 0 Å². The molecular formula is C16H18BrN3O2S. The van der Waals surface area contributed by atoms with E-state index in [1.54, 1.807) is 16.8 Å². The number of aromatic nitrogens is 2. The monoisotopic (exact) mass is 395 g/mol. The number of piperidine rings is 1. The fourth-order valence-electron chi connectivity index (χ4n) is 2.83. The zero-order chi connectivity index (χ0) is 16.4. The molecular weight excluding hydrogens is 378 g/mol. The van der Waals surface area contributed by atoms with Gasteiger partial charge in [0.25, 0.3) is 11.5 Å². The van der Waals surface area contributed by atoms with E-state index in [2.05, 4.69) is 21.0 Å². The summed E-state index contributed by atoms with van der Waals surface area (Å²) in [5.74, 6) is 0.492. The summed E-state index contributed by atoms with van der Waals surface area (Å²) in [6.45, 7) is 3.99. The van der Waals surface area contributed by atoms with Crippen LogP contribution >= 0.6 is 27.3 Å². The van der Waals surface area contributed by atoms with Crippen molar-refractivity contribution in [2.75, 3.05) is 13.1 Å². The van der Waals surface area contributed by atoms with Gasteiger partial charge in [-0.15, -0.1) is 11.3 Å². The Bertz CT molecular complexity index is 763. The third kappa shape index (κ3) is 3.90. The largest absolute Gasteiger partial charge is 0.338 e. The average Bonchev–Trinajstić information content (AvgIpc) is 2.97. The van der Waals surface area contributed by atoms with Gasteiger partial charge in [0.1, 0.15) is 0 Å². The molecule has 1 fully saturated rings. The Labute approximate surface area is 147 Å². The second kappa shape index (κ2) is 6.97. The molecule has 0 radical (unpaired) electrons. The Morgan fingerprint density at radius 2 is 2.04 bits per heavy atom. The van der Waals surface area contributed by atoms with E-state index in [-0.39, 0.29) is 11.5 Å². The normalized spacial score (nSPS) is 15.8. The van der Waals surface area contributed by atoms with Crippen molar-refractivity contribution in [1.29, 1.82) is 0 Å². The van der Waals surface area contributed by atoms with Crippen molar-refractivity contribution in [3.8, 4) is 0 Å². The Hall–Kier alpha value is -1.47. The molecule has 5 nitrogen and oxygen atoms in total. The molecule has 0 saturated carbocycles. The van der Waals surface area contributed by atoms with Gasteiger partial charge in [0, 0.05) is 25.7 Å². The summed E-state index contributed by atoms with van der Waals surface area (Å²) in [5.41, 5.74) is 0.790. The zero-order valence-corrected chi connectivity index (χ0v) is 15.3. The lowest BCUT2D eigenvalue weighted by Gasteiger charge is -2.31. The number of halogens is 1. The highest BCUT2D eigenvalue weighted by Gasteiger charge is 2.25. The molecule has 0 N–H and O–H groups in total. The van der Waals surface area contributed by atoms with Crippen LogP contribution in [0.1, 0.15) is 28.2 Å². The van der Waals surface area contributed by atoms with Crippen LogP contribution in [-0.4, -0.2) is 33.7 Å². The van der Waals surface area contributed by atoms with Crippen molar-refractivity contribution in [2.24, 2.45) is 5.92 Å². The van der Waals surface area contributed by atoms with E-state index >= 15 is 0 Å². The number of carbonyl (C=O) groups excluding carboxylic acids is 1. The van der Waals surface area contributed by atoms with Crippen molar-refractivity contribution < 1.29 is 4.79 Å². The van der Waals surface area contributed by atoms with Gasteiger partial charge >= 0.3 is 0 Å². The van der Waals surface area contributed by atoms with E-state index in [1.807, 2.05) is 24.0 Å². The smallest absolute Gasteiger partial charge is 0.266 e. The van der Waals surface area contributed by atoms with Crippen LogP contribution in [0.2, 0.25) is 0 Å². The molecule has 0 spiro atoms. The number of carbonyl (C=O) groups is 1. The standard InChI is InChI=1S/C16H18BrN3O2S/c1-11-2-5-15(21)20(18-11)10-12-6-8-19(9-7-12)16(22)13-3-4-14(17)23-13/h2-5,12H,6-10H2,1H3. The molecule has 122 valence electrons. The number of hydrogen-bond donors (Lipinski definition) is 0. The zero-order valence-electron chi connectivity index (χ0n) is 12.9. The number of thiophene rings is 1. The molecule has 0 aliphatic carbocycles. The van der Waals surface area contributed by atoms with Gasteiger partial charge in [0.05, 0.1) is 14.4 Å². The number of rotatable bonds is 3. The first-order valence-corrected chi connectivity index (χ1v) is 9.23. The molecule has 2 aromatic rings. The maximum atomic E-state index is 12.4. The summed E-state index contributed by atoms with van der Waals surface area (Å²) in [4.78, 5) is 26.9. The van der Waals surface area contributed by atoms with Crippen LogP contribution in [0.15, 0.2) is 32.8 Å². The quantitative estimate of drug-likeness (QED) is 0.802. The fraction of sp³-hybridized carbons (Fsp3) is 0.438. The van der Waals surface area contributed by atoms with Gasteiger partial charge in [0.15, 0.2) is 0 Å². The third-order valence-electron chi connectivity index (χ3n) is 4.12. The van der Waals surface area contributed by atoms with Gasteiger partial charge in [-0.3, -0.25) is 9.59 Å². The van der Waals surface area contributed by atoms with E-state index in [0.717, 1.165) is 40.3 Å². The molecule has 1 saturated heterocycles. The Morgan fingerprint density at radius 3 is 2.70 bits per heavy atom. The minimum absolute atomic E-state index is 0.0578. The topological polar surface area (TPSA) is 55.2 Å². The first-order valence-electron chi connectivity index (χ1n) is 7.62. The highest BCUT2D eigenvalue weighted by Crippen LogP contribution is 2.25. The van der Waals surface area contributed by atoms with Crippen LogP contribution in [0.4, 0.5) is 0 Å². The van der Waals surface area contributed by atoms with Crippen LogP contribution in [0.5, 0.6) is 0 Å². The van der Waals surface area contributed by atoms with Gasteiger partial charge in [-0.05, 0) is 59.8 Å². The number of hydrogen-bond acceptors (Lipinski definition) is 4. The van der Waals surface area contributed by atoms with Crippen molar-refractivity contribution in [3.63, 3.8) is 0 Å². The lowest BCUT2D eigenvalue weighted by molar-refractivity contribution is 0.0685. The maximum Gasteiger partial charge on any atom is 0.266 e. The van der Waals surface area contributed by atoms with Gasteiger partial charge in [0.2, 0.25) is 0 Å². The van der Waals surface area contributed by atoms with Gasteiger partial charge in [-0.1, -0.05) is 0 Å². The summed E-state index contributed by atoms with van der Waals surface area (Å²) >= 11 is 4.86. The van der Waals surface area contributed by atoms with E-state index in [9.17, 15) is 9.59 Å². The van der Waals surface area contributed by atoms with Crippen molar-refractivity contribution >= 4 is 33.2 Å². The molecule has 1 amide bonds. The SMILES string of the molecule is Cc1ccc(=O)n(CC2CCN(C(=O)c3ccc(Br)s3)CC2)n1. The second-order valence-corrected chi connectivity index (χ2v) is 8.30. The first-order chi connectivity index (χ1) is 11.0. The predicted molar refractivity (Wildman–Crippen MR) is 93.9 cm³/mol. The van der Waals surface area contributed by atoms with E-state index in [4.69, 9.17) is 0 Å². The van der Waals surface area contributed by atoms with Crippen LogP contribution < -0.4 is 5.56 Å². The van der Waals surface area contributed by atoms with Crippen molar-refractivity contribution in [1.82, 2.24) is 14.7 Å². The first kappa shape index (κ1) is 16.4. The minimum atomic E-state index is -0.0578. The van der Waals surface area contributed by atoms with Crippen LogP contribution in [0, 0.1) is 12.8 Å². The Balaban J connectivity index is 1.59. The summed E-state index contributed by atoms with van der Waals surface area (Å²) in [7, 11) is 0. The summed E-state index contributed by atoms with van der Waals surface area (Å²) in [5, 5.41) is 4.29. The molecule has 7 heteroatoms. The summed E-state index contributed by atoms with van der Waals surface area (Å²) < 4.78 is 2.52. The summed E-state index contributed by atoms with van der Waals surface area (Å²) in [6.07, 6.45) is 1.81. The number of likely N-dealkylation sites (tertiary alicyclic amines) is 1. The van der Waals surface area contributed by atoms with E-state index in [1.165, 1.54) is 11.3 Å². The fourth-order valence-corrected chi connectivity index (χ4v) is 4.18. The second-order valence-electron chi connectivity index (χ2n) is 5.83. The highest BCUT2D eigenvalue weighted by atomic mass is 79.9. The molecule has 0 aromatic carbocycles. The molecule has 1 aliphatic rings. The van der Waals surface area contributed by atoms with E-state index in [0.29, 0.717) is 12.5 Å². The van der Waals surface area contributed by atoms with Crippen molar-refractivity contribution in [3.05, 3.63) is 49.0 Å².